The quantitative estimate of drug-likeness (QED) is 0.572. The molecular formula is C18H22Cl2N4O3. The van der Waals surface area contributed by atoms with Crippen LogP contribution in [0.1, 0.15) is 6.92 Å². The van der Waals surface area contributed by atoms with Crippen molar-refractivity contribution in [1.82, 2.24) is 0 Å². The smallest absolute Gasteiger partial charge is 0.221 e. The third-order valence-corrected chi connectivity index (χ3v) is 3.80. The fraction of sp³-hybridized carbons (Fsp3) is 0.278. The lowest BCUT2D eigenvalue weighted by Crippen LogP contribution is -2.29. The molecule has 0 radical (unpaired) electrons. The Morgan fingerprint density at radius 1 is 1.07 bits per heavy atom. The van der Waals surface area contributed by atoms with E-state index in [0.717, 1.165) is 5.69 Å². The van der Waals surface area contributed by atoms with Crippen molar-refractivity contribution in [2.45, 2.75) is 6.92 Å². The van der Waals surface area contributed by atoms with Gasteiger partial charge in [-0.2, -0.15) is 5.11 Å². The number of aliphatic hydroxyl groups is 2. The van der Waals surface area contributed by atoms with E-state index in [9.17, 15) is 4.79 Å². The van der Waals surface area contributed by atoms with Crippen molar-refractivity contribution in [3.05, 3.63) is 47.5 Å². The molecule has 9 heteroatoms. The number of hydrogen-bond acceptors (Lipinski definition) is 6. The Bertz CT molecular complexity index is 764. The third-order valence-electron chi connectivity index (χ3n) is 3.50. The lowest BCUT2D eigenvalue weighted by Gasteiger charge is -2.23. The minimum absolute atomic E-state index is 0. The molecule has 2 aromatic carbocycles. The highest BCUT2D eigenvalue weighted by Gasteiger charge is 2.08. The largest absolute Gasteiger partial charge is 0.395 e. The van der Waals surface area contributed by atoms with Crippen LogP contribution < -0.4 is 10.2 Å². The van der Waals surface area contributed by atoms with Gasteiger partial charge < -0.3 is 20.4 Å². The summed E-state index contributed by atoms with van der Waals surface area (Å²) in [5.41, 5.74) is 2.61. The Kier molecular flexibility index (Phi) is 9.74. The van der Waals surface area contributed by atoms with Crippen LogP contribution in [0.4, 0.5) is 22.7 Å². The maximum atomic E-state index is 11.0. The molecule has 7 nitrogen and oxygen atoms in total. The van der Waals surface area contributed by atoms with Gasteiger partial charge in [0.2, 0.25) is 5.91 Å². The summed E-state index contributed by atoms with van der Waals surface area (Å²) >= 11 is 6.27. The van der Waals surface area contributed by atoms with Crippen LogP contribution >= 0.6 is 24.0 Å². The molecule has 0 bridgehead atoms. The molecule has 0 heterocycles. The predicted octanol–water partition coefficient (Wildman–Crippen LogP) is 3.93. The molecule has 0 fully saturated rings. The Morgan fingerprint density at radius 3 is 2.22 bits per heavy atom. The summed E-state index contributed by atoms with van der Waals surface area (Å²) in [6.07, 6.45) is 0. The molecule has 0 atom stereocenters. The zero-order valence-corrected chi connectivity index (χ0v) is 16.4. The fourth-order valence-electron chi connectivity index (χ4n) is 2.31. The molecule has 146 valence electrons. The molecule has 2 aromatic rings. The van der Waals surface area contributed by atoms with E-state index in [0.29, 0.717) is 35.2 Å². The van der Waals surface area contributed by atoms with E-state index in [-0.39, 0.29) is 31.5 Å². The van der Waals surface area contributed by atoms with Gasteiger partial charge in [0.25, 0.3) is 0 Å². The van der Waals surface area contributed by atoms with E-state index in [1.807, 2.05) is 11.0 Å². The minimum atomic E-state index is -0.136. The van der Waals surface area contributed by atoms with Crippen molar-refractivity contribution in [2.24, 2.45) is 10.2 Å². The van der Waals surface area contributed by atoms with Gasteiger partial charge >= 0.3 is 0 Å². The number of aliphatic hydroxyl groups excluding tert-OH is 2. The van der Waals surface area contributed by atoms with Crippen LogP contribution in [0.15, 0.2) is 52.7 Å². The molecule has 0 aromatic heterocycles. The summed E-state index contributed by atoms with van der Waals surface area (Å²) in [5, 5.41) is 29.6. The molecule has 0 aliphatic heterocycles. The van der Waals surface area contributed by atoms with E-state index in [1.54, 1.807) is 36.4 Å². The van der Waals surface area contributed by atoms with Crippen LogP contribution in [0.2, 0.25) is 5.02 Å². The highest BCUT2D eigenvalue weighted by atomic mass is 35.5. The lowest BCUT2D eigenvalue weighted by atomic mass is 10.2. The van der Waals surface area contributed by atoms with E-state index in [1.165, 1.54) is 6.92 Å². The van der Waals surface area contributed by atoms with E-state index < -0.39 is 0 Å². The van der Waals surface area contributed by atoms with Crippen LogP contribution in [0.25, 0.3) is 0 Å². The monoisotopic (exact) mass is 412 g/mol. The molecule has 27 heavy (non-hydrogen) atoms. The van der Waals surface area contributed by atoms with Gasteiger partial charge in [0.05, 0.1) is 23.9 Å². The topological polar surface area (TPSA) is 97.5 Å². The van der Waals surface area contributed by atoms with Gasteiger partial charge in [0.15, 0.2) is 0 Å². The Labute approximate surface area is 169 Å². The second-order valence-electron chi connectivity index (χ2n) is 5.50. The third kappa shape index (κ3) is 7.15. The zero-order valence-electron chi connectivity index (χ0n) is 14.8. The zero-order chi connectivity index (χ0) is 18.9. The lowest BCUT2D eigenvalue weighted by molar-refractivity contribution is -0.114. The van der Waals surface area contributed by atoms with E-state index >= 15 is 0 Å². The number of hydrogen-bond donors (Lipinski definition) is 3. The summed E-state index contributed by atoms with van der Waals surface area (Å²) in [6, 6.07) is 12.2. The van der Waals surface area contributed by atoms with Crippen molar-refractivity contribution in [3.8, 4) is 0 Å². The van der Waals surface area contributed by atoms with Gasteiger partial charge in [-0.15, -0.1) is 17.5 Å². The average molecular weight is 413 g/mol. The summed E-state index contributed by atoms with van der Waals surface area (Å²) in [6.45, 7) is 2.21. The van der Waals surface area contributed by atoms with E-state index in [2.05, 4.69) is 15.5 Å². The summed E-state index contributed by atoms with van der Waals surface area (Å²) in [5.74, 6) is -0.136. The number of amides is 1. The number of rotatable bonds is 8. The van der Waals surface area contributed by atoms with Crippen LogP contribution in [-0.2, 0) is 4.79 Å². The van der Waals surface area contributed by atoms with Crippen molar-refractivity contribution in [2.75, 3.05) is 36.5 Å². The summed E-state index contributed by atoms with van der Waals surface area (Å²) in [7, 11) is 0. The molecule has 0 saturated heterocycles. The van der Waals surface area contributed by atoms with Crippen molar-refractivity contribution in [3.63, 3.8) is 0 Å². The standard InChI is InChI=1S/C18H21ClN4O3.ClH/c1-13(26)20-14-2-4-15(5-3-14)21-22-18-7-6-16(12-17(18)19)23(8-10-24)9-11-25;/h2-7,12,24-25H,8-11H2,1H3,(H,20,26);1H. The second-order valence-corrected chi connectivity index (χ2v) is 5.91. The maximum absolute atomic E-state index is 11.0. The Balaban J connectivity index is 0.00000364. The predicted molar refractivity (Wildman–Crippen MR) is 110 cm³/mol. The molecule has 1 amide bonds. The first-order chi connectivity index (χ1) is 12.5. The van der Waals surface area contributed by atoms with Gasteiger partial charge in [0.1, 0.15) is 5.69 Å². The maximum Gasteiger partial charge on any atom is 0.221 e. The molecule has 0 aliphatic carbocycles. The van der Waals surface area contributed by atoms with Gasteiger partial charge in [-0.3, -0.25) is 4.79 Å². The van der Waals surface area contributed by atoms with Crippen LogP contribution in [-0.4, -0.2) is 42.4 Å². The highest BCUT2D eigenvalue weighted by molar-refractivity contribution is 6.33. The first-order valence-corrected chi connectivity index (χ1v) is 8.47. The second kappa shape index (κ2) is 11.5. The number of anilines is 2. The SMILES string of the molecule is CC(=O)Nc1ccc(N=Nc2ccc(N(CCO)CCO)cc2Cl)cc1.Cl. The van der Waals surface area contributed by atoms with Crippen LogP contribution in [0, 0.1) is 0 Å². The van der Waals surface area contributed by atoms with Gasteiger partial charge in [-0.05, 0) is 42.5 Å². The van der Waals surface area contributed by atoms with Crippen molar-refractivity contribution in [1.29, 1.82) is 0 Å². The van der Waals surface area contributed by atoms with E-state index in [4.69, 9.17) is 21.8 Å². The molecule has 2 rings (SSSR count). The number of nitrogens with zero attached hydrogens (tertiary/aromatic N) is 3. The number of carbonyl (C=O) groups is 1. The Morgan fingerprint density at radius 2 is 1.70 bits per heavy atom. The normalized spacial score (nSPS) is 10.5. The molecule has 3 N–H and O–H groups in total. The first kappa shape index (κ1) is 22.9. The molecule has 0 aliphatic rings. The summed E-state index contributed by atoms with van der Waals surface area (Å²) < 4.78 is 0. The molecule has 0 unspecified atom stereocenters. The Hall–Kier alpha value is -2.19. The minimum Gasteiger partial charge on any atom is -0.395 e. The van der Waals surface area contributed by atoms with Crippen LogP contribution in [0.5, 0.6) is 0 Å². The molecule has 0 saturated carbocycles. The number of nitrogens with one attached hydrogen (secondary N) is 1. The fourth-order valence-corrected chi connectivity index (χ4v) is 2.52. The van der Waals surface area contributed by atoms with Crippen molar-refractivity contribution < 1.29 is 15.0 Å². The first-order valence-electron chi connectivity index (χ1n) is 8.09. The number of azo groups is 1. The van der Waals surface area contributed by atoms with Crippen LogP contribution in [0.3, 0.4) is 0 Å². The number of carbonyl (C=O) groups excluding carboxylic acids is 1. The summed E-state index contributed by atoms with van der Waals surface area (Å²) in [4.78, 5) is 12.8. The highest BCUT2D eigenvalue weighted by Crippen LogP contribution is 2.31. The van der Waals surface area contributed by atoms with Gasteiger partial charge in [-0.1, -0.05) is 11.6 Å². The van der Waals surface area contributed by atoms with Gasteiger partial charge in [-0.25, -0.2) is 0 Å². The number of halogens is 2. The molecular weight excluding hydrogens is 391 g/mol. The number of benzene rings is 2. The molecule has 0 spiro atoms. The van der Waals surface area contributed by atoms with Crippen molar-refractivity contribution >= 4 is 52.7 Å². The van der Waals surface area contributed by atoms with Gasteiger partial charge in [0, 0.05) is 31.4 Å². The average Bonchev–Trinajstić information content (AvgIpc) is 2.61.